The molecule has 0 aliphatic carbocycles. The van der Waals surface area contributed by atoms with Crippen LogP contribution in [0.5, 0.6) is 11.5 Å². The first-order valence-corrected chi connectivity index (χ1v) is 12.5. The number of ether oxygens (including phenoxy) is 4. The normalized spacial score (nSPS) is 12.7. The van der Waals surface area contributed by atoms with E-state index in [1.54, 1.807) is 26.2 Å². The van der Waals surface area contributed by atoms with Gasteiger partial charge in [0, 0.05) is 12.2 Å². The Kier molecular flexibility index (Phi) is 13.0. The van der Waals surface area contributed by atoms with E-state index >= 15 is 0 Å². The fourth-order valence-electron chi connectivity index (χ4n) is 3.22. The highest BCUT2D eigenvalue weighted by Gasteiger charge is 2.18. The third-order valence-corrected chi connectivity index (χ3v) is 5.21. The van der Waals surface area contributed by atoms with Crippen molar-refractivity contribution in [3.63, 3.8) is 0 Å². The number of nitrogens with zero attached hydrogens (tertiary/aromatic N) is 2. The first kappa shape index (κ1) is 27.6. The summed E-state index contributed by atoms with van der Waals surface area (Å²) in [5.74, 6) is 1.59. The Morgan fingerprint density at radius 1 is 0.824 bits per heavy atom. The second-order valence-electron chi connectivity index (χ2n) is 8.45. The van der Waals surface area contributed by atoms with Crippen LogP contribution in [0.3, 0.4) is 0 Å². The van der Waals surface area contributed by atoms with Gasteiger partial charge in [-0.1, -0.05) is 46.0 Å². The summed E-state index contributed by atoms with van der Waals surface area (Å²) in [4.78, 5) is 20.8. The third kappa shape index (κ3) is 10.5. The Hall–Kier alpha value is -2.67. The predicted octanol–water partition coefficient (Wildman–Crippen LogP) is 6.01. The van der Waals surface area contributed by atoms with Gasteiger partial charge in [0.15, 0.2) is 17.7 Å². The standard InChI is InChI=1S/C27H40N2O5/c1-5-7-8-9-10-11-17-32-24-14-12-23(13-15-24)26-28-18-25(19-29-26)33-20-21(3)34-27(30)22(4)31-16-6-2/h12-15,18-19,21-22H,5-11,16-17,20H2,1-4H3/t21-,22-/m0/s1. The number of rotatable bonds is 17. The fraction of sp³-hybridized carbons (Fsp3) is 0.593. The Labute approximate surface area is 204 Å². The first-order valence-electron chi connectivity index (χ1n) is 12.5. The van der Waals surface area contributed by atoms with E-state index in [0.29, 0.717) is 18.2 Å². The zero-order chi connectivity index (χ0) is 24.6. The zero-order valence-electron chi connectivity index (χ0n) is 21.1. The highest BCUT2D eigenvalue weighted by atomic mass is 16.6. The maximum absolute atomic E-state index is 12.0. The molecule has 7 heteroatoms. The molecule has 0 fully saturated rings. The van der Waals surface area contributed by atoms with Gasteiger partial charge in [0.05, 0.1) is 19.0 Å². The molecule has 2 atom stereocenters. The van der Waals surface area contributed by atoms with E-state index in [4.69, 9.17) is 18.9 Å². The van der Waals surface area contributed by atoms with Crippen molar-refractivity contribution >= 4 is 5.97 Å². The maximum atomic E-state index is 12.0. The summed E-state index contributed by atoms with van der Waals surface area (Å²) in [6.07, 6.45) is 10.6. The average Bonchev–Trinajstić information content (AvgIpc) is 2.86. The van der Waals surface area contributed by atoms with Gasteiger partial charge >= 0.3 is 5.97 Å². The van der Waals surface area contributed by atoms with Gasteiger partial charge in [0.25, 0.3) is 0 Å². The third-order valence-electron chi connectivity index (χ3n) is 5.21. The summed E-state index contributed by atoms with van der Waals surface area (Å²) < 4.78 is 22.2. The molecule has 2 aromatic rings. The fourth-order valence-corrected chi connectivity index (χ4v) is 3.22. The molecule has 0 N–H and O–H groups in total. The number of unbranched alkanes of at least 4 members (excludes halogenated alkanes) is 5. The number of aromatic nitrogens is 2. The molecule has 2 rings (SSSR count). The van der Waals surface area contributed by atoms with E-state index in [1.165, 1.54) is 32.1 Å². The smallest absolute Gasteiger partial charge is 0.335 e. The number of esters is 1. The topological polar surface area (TPSA) is 79.8 Å². The molecule has 0 saturated heterocycles. The van der Waals surface area contributed by atoms with Gasteiger partial charge in [-0.05, 0) is 51.0 Å². The van der Waals surface area contributed by atoms with Gasteiger partial charge in [0.2, 0.25) is 0 Å². The molecule has 0 amide bonds. The molecule has 1 aromatic carbocycles. The molecule has 0 unspecified atom stereocenters. The molecule has 0 aliphatic heterocycles. The van der Waals surface area contributed by atoms with Crippen LogP contribution in [0.1, 0.15) is 72.6 Å². The number of benzene rings is 1. The molecule has 0 saturated carbocycles. The molecule has 34 heavy (non-hydrogen) atoms. The van der Waals surface area contributed by atoms with Crippen LogP contribution in [0.25, 0.3) is 11.4 Å². The van der Waals surface area contributed by atoms with Crippen LogP contribution in [0, 0.1) is 0 Å². The zero-order valence-corrected chi connectivity index (χ0v) is 21.1. The molecular formula is C27H40N2O5. The molecule has 0 radical (unpaired) electrons. The monoisotopic (exact) mass is 472 g/mol. The number of carbonyl (C=O) groups excluding carboxylic acids is 1. The molecule has 7 nitrogen and oxygen atoms in total. The van der Waals surface area contributed by atoms with E-state index in [1.807, 2.05) is 31.2 Å². The summed E-state index contributed by atoms with van der Waals surface area (Å²) in [5.41, 5.74) is 0.904. The first-order chi connectivity index (χ1) is 16.5. The molecule has 1 heterocycles. The van der Waals surface area contributed by atoms with Crippen LogP contribution in [0.15, 0.2) is 36.7 Å². The number of hydrogen-bond acceptors (Lipinski definition) is 7. The Balaban J connectivity index is 1.72. The van der Waals surface area contributed by atoms with E-state index in [9.17, 15) is 4.79 Å². The second-order valence-corrected chi connectivity index (χ2v) is 8.45. The Bertz CT molecular complexity index is 811. The van der Waals surface area contributed by atoms with Gasteiger partial charge in [-0.2, -0.15) is 0 Å². The van der Waals surface area contributed by atoms with Crippen LogP contribution in [-0.2, 0) is 14.3 Å². The minimum Gasteiger partial charge on any atom is -0.494 e. The summed E-state index contributed by atoms with van der Waals surface area (Å²) >= 11 is 0. The van der Waals surface area contributed by atoms with Gasteiger partial charge in [0.1, 0.15) is 18.5 Å². The minimum atomic E-state index is -0.586. The van der Waals surface area contributed by atoms with Crippen molar-refractivity contribution < 1.29 is 23.7 Å². The lowest BCUT2D eigenvalue weighted by atomic mass is 10.1. The summed E-state index contributed by atoms with van der Waals surface area (Å²) in [6.45, 7) is 9.16. The maximum Gasteiger partial charge on any atom is 0.335 e. The van der Waals surface area contributed by atoms with Gasteiger partial charge in [-0.3, -0.25) is 0 Å². The number of hydrogen-bond donors (Lipinski definition) is 0. The summed E-state index contributed by atoms with van der Waals surface area (Å²) in [7, 11) is 0. The second kappa shape index (κ2) is 16.0. The summed E-state index contributed by atoms with van der Waals surface area (Å²) in [6, 6.07) is 7.80. The lowest BCUT2D eigenvalue weighted by Crippen LogP contribution is -2.30. The molecule has 0 bridgehead atoms. The predicted molar refractivity (Wildman–Crippen MR) is 133 cm³/mol. The molecule has 188 valence electrons. The van der Waals surface area contributed by atoms with Crippen molar-refractivity contribution in [2.75, 3.05) is 19.8 Å². The van der Waals surface area contributed by atoms with Gasteiger partial charge in [-0.25, -0.2) is 14.8 Å². The number of carbonyl (C=O) groups is 1. The lowest BCUT2D eigenvalue weighted by Gasteiger charge is -2.17. The van der Waals surface area contributed by atoms with Crippen LogP contribution < -0.4 is 9.47 Å². The van der Waals surface area contributed by atoms with E-state index < -0.39 is 18.2 Å². The van der Waals surface area contributed by atoms with Crippen molar-refractivity contribution in [2.45, 2.75) is 84.8 Å². The Morgan fingerprint density at radius 3 is 2.18 bits per heavy atom. The van der Waals surface area contributed by atoms with E-state index in [2.05, 4.69) is 16.9 Å². The highest BCUT2D eigenvalue weighted by Crippen LogP contribution is 2.21. The molecule has 0 aliphatic rings. The average molecular weight is 473 g/mol. The van der Waals surface area contributed by atoms with Crippen LogP contribution in [0.2, 0.25) is 0 Å². The SMILES string of the molecule is CCCCCCCCOc1ccc(-c2ncc(OC[C@H](C)OC(=O)[C@H](C)OCCC)cn2)cc1. The van der Waals surface area contributed by atoms with Crippen LogP contribution in [-0.4, -0.2) is 48.0 Å². The Morgan fingerprint density at radius 2 is 1.50 bits per heavy atom. The van der Waals surface area contributed by atoms with Crippen molar-refractivity contribution in [3.05, 3.63) is 36.7 Å². The van der Waals surface area contributed by atoms with Crippen molar-refractivity contribution in [2.24, 2.45) is 0 Å². The summed E-state index contributed by atoms with van der Waals surface area (Å²) in [5, 5.41) is 0. The van der Waals surface area contributed by atoms with Crippen LogP contribution >= 0.6 is 0 Å². The molecule has 0 spiro atoms. The lowest BCUT2D eigenvalue weighted by molar-refractivity contribution is -0.162. The van der Waals surface area contributed by atoms with Crippen molar-refractivity contribution in [1.82, 2.24) is 9.97 Å². The van der Waals surface area contributed by atoms with Crippen LogP contribution in [0.4, 0.5) is 0 Å². The largest absolute Gasteiger partial charge is 0.494 e. The quantitative estimate of drug-likeness (QED) is 0.206. The van der Waals surface area contributed by atoms with Gasteiger partial charge < -0.3 is 18.9 Å². The van der Waals surface area contributed by atoms with Crippen molar-refractivity contribution in [3.8, 4) is 22.9 Å². The highest BCUT2D eigenvalue weighted by molar-refractivity contribution is 5.74. The van der Waals surface area contributed by atoms with E-state index in [-0.39, 0.29) is 6.61 Å². The van der Waals surface area contributed by atoms with E-state index in [0.717, 1.165) is 30.8 Å². The molecule has 1 aromatic heterocycles. The van der Waals surface area contributed by atoms with Gasteiger partial charge in [-0.15, -0.1) is 0 Å². The minimum absolute atomic E-state index is 0.208. The molecular weight excluding hydrogens is 432 g/mol. The van der Waals surface area contributed by atoms with Crippen molar-refractivity contribution in [1.29, 1.82) is 0 Å².